The summed E-state index contributed by atoms with van der Waals surface area (Å²) in [7, 11) is 0. The number of carbonyl (C=O) groups is 2. The van der Waals surface area contributed by atoms with Crippen LogP contribution in [-0.2, 0) is 16.1 Å². The van der Waals surface area contributed by atoms with Crippen LogP contribution in [0.5, 0.6) is 0 Å². The van der Waals surface area contributed by atoms with Crippen molar-refractivity contribution in [2.45, 2.75) is 44.4 Å². The summed E-state index contributed by atoms with van der Waals surface area (Å²) in [4.78, 5) is 25.4. The van der Waals surface area contributed by atoms with Gasteiger partial charge in [0, 0.05) is 24.9 Å². The molecule has 4 heteroatoms. The summed E-state index contributed by atoms with van der Waals surface area (Å²) in [6.07, 6.45) is 2.57. The minimum Gasteiger partial charge on any atom is -0.445 e. The Hall–Kier alpha value is -1.84. The van der Waals surface area contributed by atoms with E-state index in [0.717, 1.165) is 18.4 Å². The zero-order valence-electron chi connectivity index (χ0n) is 10.7. The standard InChI is InChI=1S/C15H17NO3/c17-14-8-12-6-7-13(9-14)16(12)15(18)19-10-11-4-2-1-3-5-11/h1-5,12-13H,6-10H2/t12-,13-/m1/s1. The summed E-state index contributed by atoms with van der Waals surface area (Å²) < 4.78 is 5.36. The van der Waals surface area contributed by atoms with Crippen molar-refractivity contribution in [2.24, 2.45) is 0 Å². The molecule has 2 bridgehead atoms. The number of Topliss-reactive ketones (excluding diaryl/α,β-unsaturated/α-hetero) is 1. The van der Waals surface area contributed by atoms with Crippen molar-refractivity contribution in [3.05, 3.63) is 35.9 Å². The second-order valence-electron chi connectivity index (χ2n) is 5.28. The van der Waals surface area contributed by atoms with Gasteiger partial charge < -0.3 is 9.64 Å². The summed E-state index contributed by atoms with van der Waals surface area (Å²) in [5, 5.41) is 0. The molecule has 2 fully saturated rings. The Balaban J connectivity index is 1.61. The third-order valence-corrected chi connectivity index (χ3v) is 3.96. The van der Waals surface area contributed by atoms with Crippen LogP contribution in [0.4, 0.5) is 4.79 Å². The molecule has 0 saturated carbocycles. The molecular weight excluding hydrogens is 242 g/mol. The largest absolute Gasteiger partial charge is 0.445 e. The third kappa shape index (κ3) is 2.48. The monoisotopic (exact) mass is 259 g/mol. The zero-order chi connectivity index (χ0) is 13.2. The second-order valence-corrected chi connectivity index (χ2v) is 5.28. The maximum Gasteiger partial charge on any atom is 0.410 e. The van der Waals surface area contributed by atoms with E-state index in [1.807, 2.05) is 30.3 Å². The molecule has 0 radical (unpaired) electrons. The minimum absolute atomic E-state index is 0.0644. The Morgan fingerprint density at radius 3 is 2.42 bits per heavy atom. The first kappa shape index (κ1) is 12.2. The predicted molar refractivity (Wildman–Crippen MR) is 69.5 cm³/mol. The molecule has 2 heterocycles. The quantitative estimate of drug-likeness (QED) is 0.820. The van der Waals surface area contributed by atoms with Gasteiger partial charge in [-0.05, 0) is 18.4 Å². The number of piperidine rings is 1. The van der Waals surface area contributed by atoms with Crippen LogP contribution < -0.4 is 0 Å². The van der Waals surface area contributed by atoms with Crippen molar-refractivity contribution in [3.8, 4) is 0 Å². The Morgan fingerprint density at radius 2 is 1.79 bits per heavy atom. The van der Waals surface area contributed by atoms with Crippen molar-refractivity contribution >= 4 is 11.9 Å². The topological polar surface area (TPSA) is 46.6 Å². The predicted octanol–water partition coefficient (Wildman–Crippen LogP) is 2.52. The highest BCUT2D eigenvalue weighted by molar-refractivity contribution is 5.83. The molecule has 0 unspecified atom stereocenters. The van der Waals surface area contributed by atoms with Crippen molar-refractivity contribution in [1.29, 1.82) is 0 Å². The highest BCUT2D eigenvalue weighted by Gasteiger charge is 2.43. The van der Waals surface area contributed by atoms with Gasteiger partial charge in [-0.3, -0.25) is 4.79 Å². The first-order valence-corrected chi connectivity index (χ1v) is 6.75. The van der Waals surface area contributed by atoms with E-state index < -0.39 is 0 Å². The fourth-order valence-corrected chi connectivity index (χ4v) is 3.06. The molecular formula is C15H17NO3. The van der Waals surface area contributed by atoms with Gasteiger partial charge in [0.15, 0.2) is 0 Å². The summed E-state index contributed by atoms with van der Waals surface area (Å²) in [5.74, 6) is 0.277. The lowest BCUT2D eigenvalue weighted by Gasteiger charge is -2.33. The minimum atomic E-state index is -0.274. The van der Waals surface area contributed by atoms with Crippen LogP contribution in [0, 0.1) is 0 Å². The van der Waals surface area contributed by atoms with Crippen LogP contribution in [0.1, 0.15) is 31.2 Å². The van der Waals surface area contributed by atoms with Gasteiger partial charge in [-0.15, -0.1) is 0 Å². The van der Waals surface area contributed by atoms with Gasteiger partial charge in [-0.25, -0.2) is 4.79 Å². The van der Waals surface area contributed by atoms with Crippen LogP contribution in [0.3, 0.4) is 0 Å². The zero-order valence-corrected chi connectivity index (χ0v) is 10.7. The number of ether oxygens (including phenoxy) is 1. The first-order valence-electron chi connectivity index (χ1n) is 6.75. The van der Waals surface area contributed by atoms with E-state index in [-0.39, 0.29) is 24.0 Å². The van der Waals surface area contributed by atoms with E-state index in [1.54, 1.807) is 4.90 Å². The number of benzene rings is 1. The highest BCUT2D eigenvalue weighted by Crippen LogP contribution is 2.34. The van der Waals surface area contributed by atoms with Gasteiger partial charge in [0.1, 0.15) is 12.4 Å². The molecule has 3 rings (SSSR count). The summed E-state index contributed by atoms with van der Waals surface area (Å²) in [6, 6.07) is 9.77. The molecule has 2 aliphatic heterocycles. The summed E-state index contributed by atoms with van der Waals surface area (Å²) in [6.45, 7) is 0.295. The molecule has 1 aromatic carbocycles. The van der Waals surface area contributed by atoms with Crippen LogP contribution in [-0.4, -0.2) is 28.9 Å². The summed E-state index contributed by atoms with van der Waals surface area (Å²) in [5.41, 5.74) is 0.983. The maximum atomic E-state index is 12.1. The second kappa shape index (κ2) is 5.03. The molecule has 0 N–H and O–H groups in total. The Kier molecular flexibility index (Phi) is 3.23. The highest BCUT2D eigenvalue weighted by atomic mass is 16.6. The van der Waals surface area contributed by atoms with E-state index in [2.05, 4.69) is 0 Å². The van der Waals surface area contributed by atoms with E-state index in [9.17, 15) is 9.59 Å². The fourth-order valence-electron chi connectivity index (χ4n) is 3.06. The van der Waals surface area contributed by atoms with Gasteiger partial charge in [0.2, 0.25) is 0 Å². The van der Waals surface area contributed by atoms with Gasteiger partial charge in [0.05, 0.1) is 0 Å². The van der Waals surface area contributed by atoms with E-state index >= 15 is 0 Å². The molecule has 4 nitrogen and oxygen atoms in total. The number of ketones is 1. The van der Waals surface area contributed by atoms with Crippen molar-refractivity contribution in [3.63, 3.8) is 0 Å². The first-order chi connectivity index (χ1) is 9.24. The van der Waals surface area contributed by atoms with Crippen LogP contribution >= 0.6 is 0 Å². The van der Waals surface area contributed by atoms with E-state index in [4.69, 9.17) is 4.74 Å². The SMILES string of the molecule is O=C1C[C@H]2CC[C@H](C1)N2C(=O)OCc1ccccc1. The molecule has 2 saturated heterocycles. The molecule has 0 aliphatic carbocycles. The number of amides is 1. The molecule has 1 aromatic rings. The fraction of sp³-hybridized carbons (Fsp3) is 0.467. The van der Waals surface area contributed by atoms with Gasteiger partial charge in [-0.2, -0.15) is 0 Å². The van der Waals surface area contributed by atoms with Crippen molar-refractivity contribution in [1.82, 2.24) is 4.90 Å². The molecule has 0 aromatic heterocycles. The molecule has 2 atom stereocenters. The van der Waals surface area contributed by atoms with E-state index in [1.165, 1.54) is 0 Å². The van der Waals surface area contributed by atoms with Crippen LogP contribution in [0.25, 0.3) is 0 Å². The van der Waals surface area contributed by atoms with Crippen LogP contribution in [0.2, 0.25) is 0 Å². The van der Waals surface area contributed by atoms with Gasteiger partial charge in [0.25, 0.3) is 0 Å². The number of carbonyl (C=O) groups excluding carboxylic acids is 2. The Labute approximate surface area is 112 Å². The molecule has 0 spiro atoms. The number of rotatable bonds is 2. The lowest BCUT2D eigenvalue weighted by molar-refractivity contribution is -0.123. The van der Waals surface area contributed by atoms with Gasteiger partial charge >= 0.3 is 6.09 Å². The van der Waals surface area contributed by atoms with Crippen LogP contribution in [0.15, 0.2) is 30.3 Å². The number of nitrogens with zero attached hydrogens (tertiary/aromatic N) is 1. The lowest BCUT2D eigenvalue weighted by atomic mass is 10.0. The molecule has 2 aliphatic rings. The number of hydrogen-bond donors (Lipinski definition) is 0. The average molecular weight is 259 g/mol. The smallest absolute Gasteiger partial charge is 0.410 e. The Morgan fingerprint density at radius 1 is 1.16 bits per heavy atom. The molecule has 19 heavy (non-hydrogen) atoms. The maximum absolute atomic E-state index is 12.1. The lowest BCUT2D eigenvalue weighted by Crippen LogP contribution is -2.46. The normalized spacial score (nSPS) is 25.5. The van der Waals surface area contributed by atoms with Crippen molar-refractivity contribution < 1.29 is 14.3 Å². The third-order valence-electron chi connectivity index (χ3n) is 3.96. The van der Waals surface area contributed by atoms with Crippen molar-refractivity contribution in [2.75, 3.05) is 0 Å². The average Bonchev–Trinajstić information content (AvgIpc) is 2.70. The number of hydrogen-bond acceptors (Lipinski definition) is 3. The summed E-state index contributed by atoms with van der Waals surface area (Å²) >= 11 is 0. The van der Waals surface area contributed by atoms with E-state index in [0.29, 0.717) is 19.4 Å². The number of fused-ring (bicyclic) bond motifs is 2. The Bertz CT molecular complexity index is 469. The molecule has 100 valence electrons. The molecule has 1 amide bonds. The van der Waals surface area contributed by atoms with Gasteiger partial charge in [-0.1, -0.05) is 30.3 Å².